The van der Waals surface area contributed by atoms with Gasteiger partial charge in [-0.3, -0.25) is 14.4 Å². The quantitative estimate of drug-likeness (QED) is 0.595. The molecule has 3 fully saturated rings. The SMILES string of the molecule is CCCNC(=O)[C@@H]1[C@@H]2CCC3(S2)C(C(=O)Nc2c(C)cccc2C)N(CCO)C(=O)[C@H]13. The standard InChI is InChI=1S/C23H31N3O4S/c1-4-10-24-20(28)16-15-8-9-23(31-15)17(16)22(30)26(11-12-27)19(23)21(29)25-18-13(2)6-5-7-14(18)3/h5-7,15-17,19,27H,4,8-12H2,1-3H3,(H,24,28)(H,25,29)/t15-,16+,17-,19?,23?/m0/s1. The number of aryl methyl sites for hydroxylation is 2. The van der Waals surface area contributed by atoms with Gasteiger partial charge in [-0.25, -0.2) is 0 Å². The molecular formula is C23H31N3O4S. The fourth-order valence-electron chi connectivity index (χ4n) is 5.67. The van der Waals surface area contributed by atoms with Crippen LogP contribution in [0.4, 0.5) is 5.69 Å². The topological polar surface area (TPSA) is 98.7 Å². The van der Waals surface area contributed by atoms with E-state index in [1.165, 1.54) is 4.90 Å². The number of benzene rings is 1. The fraction of sp³-hybridized carbons (Fsp3) is 0.609. The number of amides is 3. The highest BCUT2D eigenvalue weighted by molar-refractivity contribution is 8.02. The Morgan fingerprint density at radius 2 is 1.97 bits per heavy atom. The average Bonchev–Trinajstić information content (AvgIpc) is 3.37. The van der Waals surface area contributed by atoms with Crippen LogP contribution in [0.25, 0.3) is 0 Å². The molecule has 3 amide bonds. The Balaban J connectivity index is 1.68. The second-order valence-corrected chi connectivity index (χ2v) is 10.5. The molecule has 31 heavy (non-hydrogen) atoms. The molecule has 8 heteroatoms. The van der Waals surface area contributed by atoms with Gasteiger partial charge in [0.2, 0.25) is 17.7 Å². The van der Waals surface area contributed by atoms with Crippen molar-refractivity contribution in [3.05, 3.63) is 29.3 Å². The summed E-state index contributed by atoms with van der Waals surface area (Å²) in [5.41, 5.74) is 2.68. The Morgan fingerprint density at radius 1 is 1.26 bits per heavy atom. The number of para-hydroxylation sites is 1. The normalized spacial score (nSPS) is 31.1. The van der Waals surface area contributed by atoms with Crippen molar-refractivity contribution in [1.29, 1.82) is 0 Å². The molecule has 3 saturated heterocycles. The summed E-state index contributed by atoms with van der Waals surface area (Å²) < 4.78 is -0.619. The van der Waals surface area contributed by atoms with Gasteiger partial charge in [-0.1, -0.05) is 25.1 Å². The number of anilines is 1. The molecule has 0 aromatic heterocycles. The van der Waals surface area contributed by atoms with Crippen molar-refractivity contribution in [3.8, 4) is 0 Å². The van der Waals surface area contributed by atoms with E-state index < -0.39 is 22.6 Å². The van der Waals surface area contributed by atoms with Crippen molar-refractivity contribution in [3.63, 3.8) is 0 Å². The number of nitrogens with one attached hydrogen (secondary N) is 2. The first-order valence-corrected chi connectivity index (χ1v) is 12.0. The number of likely N-dealkylation sites (tertiary alicyclic amines) is 1. The van der Waals surface area contributed by atoms with Crippen LogP contribution in [0.1, 0.15) is 37.3 Å². The minimum atomic E-state index is -0.699. The van der Waals surface area contributed by atoms with E-state index in [0.29, 0.717) is 6.54 Å². The van der Waals surface area contributed by atoms with Crippen molar-refractivity contribution in [2.75, 3.05) is 25.0 Å². The average molecular weight is 446 g/mol. The largest absolute Gasteiger partial charge is 0.395 e. The van der Waals surface area contributed by atoms with E-state index in [4.69, 9.17) is 0 Å². The first kappa shape index (κ1) is 22.1. The predicted molar refractivity (Wildman–Crippen MR) is 121 cm³/mol. The number of aliphatic hydroxyl groups is 1. The van der Waals surface area contributed by atoms with Crippen molar-refractivity contribution < 1.29 is 19.5 Å². The second-order valence-electron chi connectivity index (χ2n) is 8.86. The monoisotopic (exact) mass is 445 g/mol. The van der Waals surface area contributed by atoms with Gasteiger partial charge in [0, 0.05) is 24.0 Å². The summed E-state index contributed by atoms with van der Waals surface area (Å²) in [5, 5.41) is 15.7. The molecule has 1 spiro atoms. The van der Waals surface area contributed by atoms with Crippen LogP contribution in [0.5, 0.6) is 0 Å². The van der Waals surface area contributed by atoms with Crippen LogP contribution in [-0.2, 0) is 14.4 Å². The van der Waals surface area contributed by atoms with Gasteiger partial charge in [-0.15, -0.1) is 11.8 Å². The van der Waals surface area contributed by atoms with Crippen molar-refractivity contribution in [2.45, 2.75) is 56.1 Å². The molecule has 3 aliphatic rings. The van der Waals surface area contributed by atoms with E-state index in [9.17, 15) is 19.5 Å². The highest BCUT2D eigenvalue weighted by atomic mass is 32.2. The molecule has 3 heterocycles. The molecular weight excluding hydrogens is 414 g/mol. The first-order chi connectivity index (χ1) is 14.9. The van der Waals surface area contributed by atoms with Gasteiger partial charge in [0.15, 0.2) is 0 Å². The number of aliphatic hydroxyl groups excluding tert-OH is 1. The van der Waals surface area contributed by atoms with E-state index >= 15 is 0 Å². The number of β-amino-alcohol motifs (C(OH)–C–C–N with tert-alkyl or cyclic N) is 1. The lowest BCUT2D eigenvalue weighted by molar-refractivity contribution is -0.139. The summed E-state index contributed by atoms with van der Waals surface area (Å²) in [7, 11) is 0. The minimum Gasteiger partial charge on any atom is -0.395 e. The Labute approximate surface area is 187 Å². The van der Waals surface area contributed by atoms with Gasteiger partial charge >= 0.3 is 0 Å². The number of carbonyl (C=O) groups excluding carboxylic acids is 3. The summed E-state index contributed by atoms with van der Waals surface area (Å²) in [6.07, 6.45) is 2.37. The summed E-state index contributed by atoms with van der Waals surface area (Å²) in [5.74, 6) is -1.43. The van der Waals surface area contributed by atoms with Crippen LogP contribution >= 0.6 is 11.8 Å². The number of fused-ring (bicyclic) bond motifs is 1. The molecule has 3 N–H and O–H groups in total. The molecule has 168 valence electrons. The molecule has 3 aliphatic heterocycles. The maximum atomic E-state index is 13.6. The summed E-state index contributed by atoms with van der Waals surface area (Å²) in [6.45, 7) is 6.34. The fourth-order valence-corrected chi connectivity index (χ4v) is 7.89. The Hall–Kier alpha value is -2.06. The van der Waals surface area contributed by atoms with Crippen molar-refractivity contribution in [1.82, 2.24) is 10.2 Å². The molecule has 0 saturated carbocycles. The van der Waals surface area contributed by atoms with E-state index in [2.05, 4.69) is 10.6 Å². The Bertz CT molecular complexity index is 887. The number of nitrogens with zero attached hydrogens (tertiary/aromatic N) is 1. The number of hydrogen-bond acceptors (Lipinski definition) is 5. The van der Waals surface area contributed by atoms with Gasteiger partial charge in [-0.05, 0) is 44.2 Å². The third-order valence-corrected chi connectivity index (χ3v) is 8.92. The van der Waals surface area contributed by atoms with E-state index in [1.54, 1.807) is 11.8 Å². The summed E-state index contributed by atoms with van der Waals surface area (Å²) in [4.78, 5) is 41.6. The van der Waals surface area contributed by atoms with E-state index in [0.717, 1.165) is 36.1 Å². The highest BCUT2D eigenvalue weighted by Crippen LogP contribution is 2.66. The predicted octanol–water partition coefficient (Wildman–Crippen LogP) is 1.85. The maximum absolute atomic E-state index is 13.6. The lowest BCUT2D eigenvalue weighted by Crippen LogP contribution is -2.52. The number of thioether (sulfide) groups is 1. The molecule has 2 bridgehead atoms. The number of rotatable bonds is 7. The first-order valence-electron chi connectivity index (χ1n) is 11.1. The zero-order valence-corrected chi connectivity index (χ0v) is 19.1. The molecule has 1 aromatic carbocycles. The van der Waals surface area contributed by atoms with Crippen LogP contribution < -0.4 is 10.6 Å². The Morgan fingerprint density at radius 3 is 2.61 bits per heavy atom. The molecule has 5 atom stereocenters. The van der Waals surface area contributed by atoms with Crippen LogP contribution in [0.15, 0.2) is 18.2 Å². The lowest BCUT2D eigenvalue weighted by atomic mass is 9.70. The maximum Gasteiger partial charge on any atom is 0.248 e. The molecule has 7 nitrogen and oxygen atoms in total. The van der Waals surface area contributed by atoms with Gasteiger partial charge in [0.05, 0.1) is 23.2 Å². The van der Waals surface area contributed by atoms with Crippen LogP contribution in [0, 0.1) is 25.7 Å². The third kappa shape index (κ3) is 3.44. The molecule has 2 unspecified atom stereocenters. The zero-order valence-electron chi connectivity index (χ0n) is 18.3. The molecule has 4 rings (SSSR count). The number of carbonyl (C=O) groups is 3. The van der Waals surface area contributed by atoms with Crippen molar-refractivity contribution in [2.24, 2.45) is 11.8 Å². The molecule has 0 radical (unpaired) electrons. The van der Waals surface area contributed by atoms with E-state index in [1.807, 2.05) is 39.0 Å². The second kappa shape index (κ2) is 8.47. The van der Waals surface area contributed by atoms with Crippen LogP contribution in [-0.4, -0.2) is 63.5 Å². The highest BCUT2D eigenvalue weighted by Gasteiger charge is 2.73. The van der Waals surface area contributed by atoms with Gasteiger partial charge in [-0.2, -0.15) is 0 Å². The van der Waals surface area contributed by atoms with Gasteiger partial charge in [0.1, 0.15) is 6.04 Å². The lowest BCUT2D eigenvalue weighted by Gasteiger charge is -2.34. The summed E-state index contributed by atoms with van der Waals surface area (Å²) >= 11 is 1.64. The van der Waals surface area contributed by atoms with Gasteiger partial charge < -0.3 is 20.6 Å². The van der Waals surface area contributed by atoms with E-state index in [-0.39, 0.29) is 36.1 Å². The van der Waals surface area contributed by atoms with Crippen LogP contribution in [0.3, 0.4) is 0 Å². The number of hydrogen-bond donors (Lipinski definition) is 3. The van der Waals surface area contributed by atoms with Crippen LogP contribution in [0.2, 0.25) is 0 Å². The smallest absolute Gasteiger partial charge is 0.248 e. The minimum absolute atomic E-state index is 0.0533. The summed E-state index contributed by atoms with van der Waals surface area (Å²) in [6, 6.07) is 5.13. The zero-order chi connectivity index (χ0) is 22.3. The van der Waals surface area contributed by atoms with Crippen molar-refractivity contribution >= 4 is 35.2 Å². The molecule has 0 aliphatic carbocycles. The third-order valence-electron chi connectivity index (χ3n) is 6.97. The Kier molecular flexibility index (Phi) is 6.05. The molecule has 1 aromatic rings. The van der Waals surface area contributed by atoms with Gasteiger partial charge in [0.25, 0.3) is 0 Å².